The smallest absolute Gasteiger partial charge is 0.264 e. The highest BCUT2D eigenvalue weighted by atomic mass is 32.2. The number of hydrogen-bond acceptors (Lipinski definition) is 4. The number of rotatable bonds is 8. The predicted octanol–water partition coefficient (Wildman–Crippen LogP) is 5.22. The second-order valence-electron chi connectivity index (χ2n) is 7.29. The van der Waals surface area contributed by atoms with Gasteiger partial charge < -0.3 is 9.47 Å². The molecule has 0 N–H and O–H groups in total. The molecule has 0 atom stereocenters. The standard InChI is InChI=1S/C24H27NO4S/c1-18(2)20-12-10-19(11-13-20)17-25(30(26,27)24-8-6-5-7-9-24)21-14-22(28-3)16-23(15-21)29-4/h5-16,18H,17H2,1-4H3. The Balaban J connectivity index is 2.09. The van der Waals surface area contributed by atoms with Crippen molar-refractivity contribution < 1.29 is 17.9 Å². The minimum Gasteiger partial charge on any atom is -0.497 e. The Hall–Kier alpha value is -2.99. The minimum atomic E-state index is -3.81. The molecule has 3 rings (SSSR count). The van der Waals surface area contributed by atoms with Gasteiger partial charge in [-0.3, -0.25) is 4.31 Å². The topological polar surface area (TPSA) is 55.8 Å². The number of nitrogens with zero attached hydrogens (tertiary/aromatic N) is 1. The molecule has 5 nitrogen and oxygen atoms in total. The number of methoxy groups -OCH3 is 2. The lowest BCUT2D eigenvalue weighted by molar-refractivity contribution is 0.394. The fourth-order valence-electron chi connectivity index (χ4n) is 3.14. The quantitative estimate of drug-likeness (QED) is 0.496. The zero-order valence-electron chi connectivity index (χ0n) is 17.7. The maximum atomic E-state index is 13.6. The van der Waals surface area contributed by atoms with Crippen molar-refractivity contribution in [1.82, 2.24) is 0 Å². The first kappa shape index (κ1) is 21.7. The average molecular weight is 426 g/mol. The monoisotopic (exact) mass is 425 g/mol. The zero-order chi connectivity index (χ0) is 21.7. The third-order valence-electron chi connectivity index (χ3n) is 4.93. The highest BCUT2D eigenvalue weighted by Crippen LogP contribution is 2.33. The molecule has 6 heteroatoms. The van der Waals surface area contributed by atoms with E-state index < -0.39 is 10.0 Å². The number of ether oxygens (including phenoxy) is 2. The minimum absolute atomic E-state index is 0.186. The van der Waals surface area contributed by atoms with E-state index in [-0.39, 0.29) is 11.4 Å². The summed E-state index contributed by atoms with van der Waals surface area (Å²) in [5.74, 6) is 1.45. The molecule has 0 aliphatic heterocycles. The molecular weight excluding hydrogens is 398 g/mol. The SMILES string of the molecule is COc1cc(OC)cc(N(Cc2ccc(C(C)C)cc2)S(=O)(=O)c2ccccc2)c1. The first-order valence-corrected chi connectivity index (χ1v) is 11.2. The second kappa shape index (κ2) is 9.22. The Labute approximate surface area is 178 Å². The summed E-state index contributed by atoms with van der Waals surface area (Å²) >= 11 is 0. The fraction of sp³-hybridized carbons (Fsp3) is 0.250. The molecule has 30 heavy (non-hydrogen) atoms. The van der Waals surface area contributed by atoms with Crippen LogP contribution in [0, 0.1) is 0 Å². The highest BCUT2D eigenvalue weighted by molar-refractivity contribution is 7.92. The van der Waals surface area contributed by atoms with Crippen LogP contribution in [0.25, 0.3) is 0 Å². The number of anilines is 1. The van der Waals surface area contributed by atoms with Crippen LogP contribution in [0.4, 0.5) is 5.69 Å². The molecule has 0 saturated heterocycles. The van der Waals surface area contributed by atoms with Gasteiger partial charge in [0, 0.05) is 18.2 Å². The number of sulfonamides is 1. The van der Waals surface area contributed by atoms with Crippen LogP contribution in [0.5, 0.6) is 11.5 Å². The summed E-state index contributed by atoms with van der Waals surface area (Å²) in [4.78, 5) is 0.227. The lowest BCUT2D eigenvalue weighted by Crippen LogP contribution is -2.30. The Bertz CT molecular complexity index is 1060. The third kappa shape index (κ3) is 4.76. The molecule has 3 aromatic carbocycles. The third-order valence-corrected chi connectivity index (χ3v) is 6.72. The molecule has 0 aliphatic rings. The molecule has 158 valence electrons. The highest BCUT2D eigenvalue weighted by Gasteiger charge is 2.26. The van der Waals surface area contributed by atoms with E-state index in [1.54, 1.807) is 62.8 Å². The van der Waals surface area contributed by atoms with Crippen molar-refractivity contribution in [3.63, 3.8) is 0 Å². The van der Waals surface area contributed by atoms with Gasteiger partial charge in [-0.1, -0.05) is 56.3 Å². The van der Waals surface area contributed by atoms with E-state index in [4.69, 9.17) is 9.47 Å². The van der Waals surface area contributed by atoms with E-state index in [0.717, 1.165) is 5.56 Å². The molecule has 0 bridgehead atoms. The summed E-state index contributed by atoms with van der Waals surface area (Å²) < 4.78 is 39.2. The maximum absolute atomic E-state index is 13.6. The van der Waals surface area contributed by atoms with Gasteiger partial charge in [0.1, 0.15) is 11.5 Å². The first-order chi connectivity index (χ1) is 14.3. The molecule has 0 fully saturated rings. The van der Waals surface area contributed by atoms with Crippen LogP contribution in [0.15, 0.2) is 77.7 Å². The van der Waals surface area contributed by atoms with Crippen LogP contribution in [-0.4, -0.2) is 22.6 Å². The summed E-state index contributed by atoms with van der Waals surface area (Å²) in [6.45, 7) is 4.44. The van der Waals surface area contributed by atoms with Crippen molar-refractivity contribution in [2.75, 3.05) is 18.5 Å². The lowest BCUT2D eigenvalue weighted by Gasteiger charge is -2.26. The van der Waals surface area contributed by atoms with Crippen molar-refractivity contribution in [2.45, 2.75) is 31.2 Å². The van der Waals surface area contributed by atoms with Crippen LogP contribution in [0.3, 0.4) is 0 Å². The zero-order valence-corrected chi connectivity index (χ0v) is 18.5. The summed E-state index contributed by atoms with van der Waals surface area (Å²) in [7, 11) is -0.725. The van der Waals surface area contributed by atoms with Crippen molar-refractivity contribution in [1.29, 1.82) is 0 Å². The summed E-state index contributed by atoms with van der Waals surface area (Å²) in [6.07, 6.45) is 0. The van der Waals surface area contributed by atoms with Gasteiger partial charge in [-0.2, -0.15) is 0 Å². The summed E-state index contributed by atoms with van der Waals surface area (Å²) in [5.41, 5.74) is 2.57. The van der Waals surface area contributed by atoms with Crippen LogP contribution in [0.1, 0.15) is 30.9 Å². The molecule has 0 saturated carbocycles. The molecule has 0 radical (unpaired) electrons. The number of benzene rings is 3. The molecule has 0 amide bonds. The van der Waals surface area contributed by atoms with Crippen LogP contribution in [0.2, 0.25) is 0 Å². The van der Waals surface area contributed by atoms with Crippen LogP contribution < -0.4 is 13.8 Å². The van der Waals surface area contributed by atoms with Crippen molar-refractivity contribution in [2.24, 2.45) is 0 Å². The normalized spacial score (nSPS) is 11.4. The van der Waals surface area contributed by atoms with Crippen molar-refractivity contribution in [3.8, 4) is 11.5 Å². The average Bonchev–Trinajstić information content (AvgIpc) is 2.77. The van der Waals surface area contributed by atoms with Crippen LogP contribution >= 0.6 is 0 Å². The summed E-state index contributed by atoms with van der Waals surface area (Å²) in [6, 6.07) is 21.6. The molecular formula is C24H27NO4S. The van der Waals surface area contributed by atoms with Crippen LogP contribution in [-0.2, 0) is 16.6 Å². The second-order valence-corrected chi connectivity index (χ2v) is 9.15. The molecule has 0 heterocycles. The Morgan fingerprint density at radius 3 is 1.90 bits per heavy atom. The van der Waals surface area contributed by atoms with Crippen molar-refractivity contribution >= 4 is 15.7 Å². The molecule has 3 aromatic rings. The van der Waals surface area contributed by atoms with Gasteiger partial charge in [-0.15, -0.1) is 0 Å². The molecule has 0 unspecified atom stereocenters. The Kier molecular flexibility index (Phi) is 6.67. The van der Waals surface area contributed by atoms with E-state index >= 15 is 0 Å². The Morgan fingerprint density at radius 2 is 1.40 bits per heavy atom. The predicted molar refractivity (Wildman–Crippen MR) is 120 cm³/mol. The maximum Gasteiger partial charge on any atom is 0.264 e. The van der Waals surface area contributed by atoms with E-state index in [0.29, 0.717) is 23.1 Å². The van der Waals surface area contributed by atoms with Crippen molar-refractivity contribution in [3.05, 3.63) is 83.9 Å². The van der Waals surface area contributed by atoms with E-state index in [9.17, 15) is 8.42 Å². The van der Waals surface area contributed by atoms with Gasteiger partial charge >= 0.3 is 0 Å². The van der Waals surface area contributed by atoms with Gasteiger partial charge in [0.15, 0.2) is 0 Å². The van der Waals surface area contributed by atoms with Gasteiger partial charge in [-0.05, 0) is 29.2 Å². The molecule has 0 spiro atoms. The summed E-state index contributed by atoms with van der Waals surface area (Å²) in [5, 5.41) is 0. The largest absolute Gasteiger partial charge is 0.497 e. The number of hydrogen-bond donors (Lipinski definition) is 0. The van der Waals surface area contributed by atoms with E-state index in [1.807, 2.05) is 24.3 Å². The molecule has 0 aliphatic carbocycles. The van der Waals surface area contributed by atoms with Gasteiger partial charge in [0.2, 0.25) is 0 Å². The van der Waals surface area contributed by atoms with Gasteiger partial charge in [0.25, 0.3) is 10.0 Å². The Morgan fingerprint density at radius 1 is 0.833 bits per heavy atom. The van der Waals surface area contributed by atoms with Gasteiger partial charge in [0.05, 0.1) is 31.3 Å². The lowest BCUT2D eigenvalue weighted by atomic mass is 10.0. The van der Waals surface area contributed by atoms with E-state index in [1.165, 1.54) is 9.87 Å². The van der Waals surface area contributed by atoms with E-state index in [2.05, 4.69) is 13.8 Å². The first-order valence-electron chi connectivity index (χ1n) is 9.75. The van der Waals surface area contributed by atoms with Gasteiger partial charge in [-0.25, -0.2) is 8.42 Å². The molecule has 0 aromatic heterocycles. The fourth-order valence-corrected chi connectivity index (χ4v) is 4.60.